The molecule has 15 heavy (non-hydrogen) atoms. The van der Waals surface area contributed by atoms with Crippen molar-refractivity contribution in [3.8, 4) is 5.75 Å². The number of hydrogen-bond donors (Lipinski definition) is 2. The number of nitrogens with zero attached hydrogens (tertiary/aromatic N) is 2. The Hall–Kier alpha value is -2.04. The van der Waals surface area contributed by atoms with E-state index in [1.54, 1.807) is 6.07 Å². The standard InChI is InChI=1S/C10H12N4O/c1-7-12-10(14-13-7)6-15-9-5-3-2-4-8(9)11/h2-5H,6,11H2,1H3,(H,12,13,14). The van der Waals surface area contributed by atoms with E-state index < -0.39 is 0 Å². The lowest BCUT2D eigenvalue weighted by molar-refractivity contribution is 0.298. The third-order valence-corrected chi connectivity index (χ3v) is 1.92. The van der Waals surface area contributed by atoms with Gasteiger partial charge in [-0.2, -0.15) is 5.10 Å². The van der Waals surface area contributed by atoms with Gasteiger partial charge in [-0.05, 0) is 19.1 Å². The predicted octanol–water partition coefficient (Wildman–Crippen LogP) is 1.27. The van der Waals surface area contributed by atoms with E-state index in [0.29, 0.717) is 23.9 Å². The summed E-state index contributed by atoms with van der Waals surface area (Å²) in [5, 5.41) is 6.71. The van der Waals surface area contributed by atoms with E-state index in [1.165, 1.54) is 0 Å². The minimum absolute atomic E-state index is 0.318. The van der Waals surface area contributed by atoms with Crippen molar-refractivity contribution in [1.29, 1.82) is 0 Å². The second kappa shape index (κ2) is 4.00. The van der Waals surface area contributed by atoms with E-state index in [4.69, 9.17) is 10.5 Å². The molecule has 0 amide bonds. The van der Waals surface area contributed by atoms with Crippen molar-refractivity contribution in [2.45, 2.75) is 13.5 Å². The first kappa shape index (κ1) is 9.51. The van der Waals surface area contributed by atoms with E-state index in [0.717, 1.165) is 5.82 Å². The first-order valence-electron chi connectivity index (χ1n) is 4.61. The van der Waals surface area contributed by atoms with Gasteiger partial charge in [0.25, 0.3) is 0 Å². The first-order chi connectivity index (χ1) is 7.25. The lowest BCUT2D eigenvalue weighted by Gasteiger charge is -2.05. The van der Waals surface area contributed by atoms with Crippen LogP contribution >= 0.6 is 0 Å². The number of benzene rings is 1. The SMILES string of the molecule is Cc1nc(COc2ccccc2N)n[nH]1. The van der Waals surface area contributed by atoms with Crippen molar-refractivity contribution in [2.75, 3.05) is 5.73 Å². The van der Waals surface area contributed by atoms with E-state index in [9.17, 15) is 0 Å². The Balaban J connectivity index is 2.02. The molecule has 0 spiro atoms. The summed E-state index contributed by atoms with van der Waals surface area (Å²) >= 11 is 0. The van der Waals surface area contributed by atoms with Crippen LogP contribution in [0, 0.1) is 6.92 Å². The number of aryl methyl sites for hydroxylation is 1. The molecule has 0 aliphatic heterocycles. The molecule has 1 aromatic carbocycles. The van der Waals surface area contributed by atoms with Crippen molar-refractivity contribution >= 4 is 5.69 Å². The van der Waals surface area contributed by atoms with Crippen molar-refractivity contribution in [3.63, 3.8) is 0 Å². The second-order valence-electron chi connectivity index (χ2n) is 3.16. The quantitative estimate of drug-likeness (QED) is 0.738. The maximum Gasteiger partial charge on any atom is 0.188 e. The van der Waals surface area contributed by atoms with Crippen molar-refractivity contribution in [3.05, 3.63) is 35.9 Å². The number of nitrogens with one attached hydrogen (secondary N) is 1. The van der Waals surface area contributed by atoms with Crippen LogP contribution in [0.15, 0.2) is 24.3 Å². The maximum atomic E-state index is 5.72. The Morgan fingerprint density at radius 3 is 2.87 bits per heavy atom. The normalized spacial score (nSPS) is 10.2. The zero-order valence-electron chi connectivity index (χ0n) is 8.40. The minimum Gasteiger partial charge on any atom is -0.483 e. The number of nitrogen functional groups attached to an aromatic ring is 1. The summed E-state index contributed by atoms with van der Waals surface area (Å²) in [6, 6.07) is 7.33. The number of aromatic nitrogens is 3. The zero-order valence-corrected chi connectivity index (χ0v) is 8.40. The molecule has 1 heterocycles. The van der Waals surface area contributed by atoms with Crippen molar-refractivity contribution < 1.29 is 4.74 Å². The molecular formula is C10H12N4O. The van der Waals surface area contributed by atoms with Gasteiger partial charge in [0, 0.05) is 0 Å². The molecule has 0 fully saturated rings. The van der Waals surface area contributed by atoms with E-state index >= 15 is 0 Å². The Morgan fingerprint density at radius 1 is 1.40 bits per heavy atom. The number of ether oxygens (including phenoxy) is 1. The van der Waals surface area contributed by atoms with Gasteiger partial charge in [0.2, 0.25) is 0 Å². The molecular weight excluding hydrogens is 192 g/mol. The Bertz CT molecular complexity index is 452. The number of rotatable bonds is 3. The summed E-state index contributed by atoms with van der Waals surface area (Å²) in [6.07, 6.45) is 0. The summed E-state index contributed by atoms with van der Waals surface area (Å²) in [5.74, 6) is 2.05. The number of para-hydroxylation sites is 2. The summed E-state index contributed by atoms with van der Waals surface area (Å²) in [4.78, 5) is 4.12. The van der Waals surface area contributed by atoms with Crippen LogP contribution in [-0.4, -0.2) is 15.2 Å². The molecule has 0 atom stereocenters. The zero-order chi connectivity index (χ0) is 10.7. The molecule has 0 saturated heterocycles. The van der Waals surface area contributed by atoms with Crippen LogP contribution < -0.4 is 10.5 Å². The number of H-pyrrole nitrogens is 1. The van der Waals surface area contributed by atoms with Gasteiger partial charge >= 0.3 is 0 Å². The molecule has 5 nitrogen and oxygen atoms in total. The van der Waals surface area contributed by atoms with Gasteiger partial charge < -0.3 is 10.5 Å². The topological polar surface area (TPSA) is 76.8 Å². The van der Waals surface area contributed by atoms with Gasteiger partial charge in [0.1, 0.15) is 18.2 Å². The average Bonchev–Trinajstić information content (AvgIpc) is 2.63. The molecule has 1 aromatic heterocycles. The van der Waals surface area contributed by atoms with Crippen LogP contribution in [-0.2, 0) is 6.61 Å². The smallest absolute Gasteiger partial charge is 0.188 e. The number of hydrogen-bond acceptors (Lipinski definition) is 4. The lowest BCUT2D eigenvalue weighted by Crippen LogP contribution is -2.00. The highest BCUT2D eigenvalue weighted by atomic mass is 16.5. The molecule has 5 heteroatoms. The first-order valence-corrected chi connectivity index (χ1v) is 4.61. The van der Waals surface area contributed by atoms with Crippen LogP contribution in [0.2, 0.25) is 0 Å². The Kier molecular flexibility index (Phi) is 2.53. The third kappa shape index (κ3) is 2.25. The highest BCUT2D eigenvalue weighted by molar-refractivity contribution is 5.51. The highest BCUT2D eigenvalue weighted by Crippen LogP contribution is 2.20. The van der Waals surface area contributed by atoms with Gasteiger partial charge in [-0.1, -0.05) is 12.1 Å². The third-order valence-electron chi connectivity index (χ3n) is 1.92. The molecule has 3 N–H and O–H groups in total. The molecule has 0 aliphatic carbocycles. The minimum atomic E-state index is 0.318. The molecule has 78 valence electrons. The molecule has 0 saturated carbocycles. The Morgan fingerprint density at radius 2 is 2.20 bits per heavy atom. The maximum absolute atomic E-state index is 5.72. The molecule has 0 unspecified atom stereocenters. The summed E-state index contributed by atoms with van der Waals surface area (Å²) in [6.45, 7) is 2.16. The van der Waals surface area contributed by atoms with E-state index in [1.807, 2.05) is 25.1 Å². The van der Waals surface area contributed by atoms with Gasteiger partial charge in [-0.3, -0.25) is 5.10 Å². The van der Waals surface area contributed by atoms with Crippen molar-refractivity contribution in [2.24, 2.45) is 0 Å². The summed E-state index contributed by atoms with van der Waals surface area (Å²) in [5.41, 5.74) is 6.33. The second-order valence-corrected chi connectivity index (χ2v) is 3.16. The van der Waals surface area contributed by atoms with Gasteiger partial charge in [-0.15, -0.1) is 0 Å². The number of nitrogens with two attached hydrogens (primary N) is 1. The average molecular weight is 204 g/mol. The largest absolute Gasteiger partial charge is 0.483 e. The molecule has 2 rings (SSSR count). The predicted molar refractivity (Wildman–Crippen MR) is 56.3 cm³/mol. The van der Waals surface area contributed by atoms with Crippen LogP contribution in [0.1, 0.15) is 11.6 Å². The number of anilines is 1. The van der Waals surface area contributed by atoms with E-state index in [-0.39, 0.29) is 0 Å². The van der Waals surface area contributed by atoms with Crippen LogP contribution in [0.5, 0.6) is 5.75 Å². The molecule has 0 bridgehead atoms. The fourth-order valence-corrected chi connectivity index (χ4v) is 1.21. The van der Waals surface area contributed by atoms with E-state index in [2.05, 4.69) is 15.2 Å². The fraction of sp³-hybridized carbons (Fsp3) is 0.200. The fourth-order valence-electron chi connectivity index (χ4n) is 1.21. The number of aromatic amines is 1. The van der Waals surface area contributed by atoms with Gasteiger partial charge in [-0.25, -0.2) is 4.98 Å². The summed E-state index contributed by atoms with van der Waals surface area (Å²) < 4.78 is 5.47. The molecule has 2 aromatic rings. The lowest BCUT2D eigenvalue weighted by atomic mass is 10.3. The van der Waals surface area contributed by atoms with Gasteiger partial charge in [0.15, 0.2) is 5.82 Å². The molecule has 0 aliphatic rings. The van der Waals surface area contributed by atoms with Crippen molar-refractivity contribution in [1.82, 2.24) is 15.2 Å². The summed E-state index contributed by atoms with van der Waals surface area (Å²) in [7, 11) is 0. The van der Waals surface area contributed by atoms with Gasteiger partial charge in [0.05, 0.1) is 5.69 Å². The molecule has 0 radical (unpaired) electrons. The monoisotopic (exact) mass is 204 g/mol. The Labute approximate surface area is 87.3 Å². The van der Waals surface area contributed by atoms with Crippen LogP contribution in [0.4, 0.5) is 5.69 Å². The highest BCUT2D eigenvalue weighted by Gasteiger charge is 2.02. The van der Waals surface area contributed by atoms with Crippen LogP contribution in [0.3, 0.4) is 0 Å². The van der Waals surface area contributed by atoms with Crippen LogP contribution in [0.25, 0.3) is 0 Å².